The van der Waals surface area contributed by atoms with Gasteiger partial charge in [0.05, 0.1) is 0 Å². The Labute approximate surface area is 103 Å². The lowest BCUT2D eigenvalue weighted by Crippen LogP contribution is -2.17. The van der Waals surface area contributed by atoms with Gasteiger partial charge in [0, 0.05) is 17.6 Å². The Balaban J connectivity index is 1.82. The maximum Gasteiger partial charge on any atom is 0.0453 e. The molecule has 1 fully saturated rings. The summed E-state index contributed by atoms with van der Waals surface area (Å²) in [6.45, 7) is 5.23. The molecule has 0 aliphatic heterocycles. The van der Waals surface area contributed by atoms with Crippen molar-refractivity contribution in [3.8, 4) is 0 Å². The molecule has 1 N–H and O–H groups in total. The number of nitrogens with one attached hydrogen (secondary N) is 1. The van der Waals surface area contributed by atoms with E-state index in [1.165, 1.54) is 30.4 Å². The van der Waals surface area contributed by atoms with Gasteiger partial charge in [-0.2, -0.15) is 0 Å². The van der Waals surface area contributed by atoms with E-state index in [0.717, 1.165) is 23.5 Å². The molecule has 1 saturated carbocycles. The zero-order valence-electron chi connectivity index (χ0n) is 10.1. The van der Waals surface area contributed by atoms with E-state index in [1.54, 1.807) is 0 Å². The Morgan fingerprint density at radius 3 is 2.94 bits per heavy atom. The van der Waals surface area contributed by atoms with Crippen molar-refractivity contribution < 1.29 is 0 Å². The van der Waals surface area contributed by atoms with Crippen LogP contribution in [0, 0.1) is 12.8 Å². The van der Waals surface area contributed by atoms with E-state index < -0.39 is 0 Å². The minimum atomic E-state index is 0.734. The van der Waals surface area contributed by atoms with Crippen LogP contribution in [0.15, 0.2) is 18.2 Å². The van der Waals surface area contributed by atoms with Crippen LogP contribution >= 0.6 is 11.6 Å². The molecule has 0 bridgehead atoms. The highest BCUT2D eigenvalue weighted by Crippen LogP contribution is 2.34. The minimum absolute atomic E-state index is 0.734. The number of benzene rings is 1. The van der Waals surface area contributed by atoms with Gasteiger partial charge in [-0.1, -0.05) is 37.1 Å². The van der Waals surface area contributed by atoms with Crippen molar-refractivity contribution in [2.45, 2.75) is 45.7 Å². The predicted molar refractivity (Wildman–Crippen MR) is 69.8 cm³/mol. The minimum Gasteiger partial charge on any atom is -0.310 e. The lowest BCUT2D eigenvalue weighted by Gasteiger charge is -2.07. The van der Waals surface area contributed by atoms with Crippen LogP contribution in [0.25, 0.3) is 0 Å². The van der Waals surface area contributed by atoms with Gasteiger partial charge in [0.25, 0.3) is 0 Å². The van der Waals surface area contributed by atoms with E-state index in [2.05, 4.69) is 31.3 Å². The molecule has 2 heteroatoms. The molecular formula is C14H20ClN. The van der Waals surface area contributed by atoms with E-state index in [0.29, 0.717) is 0 Å². The summed E-state index contributed by atoms with van der Waals surface area (Å²) >= 11 is 6.19. The molecule has 2 rings (SSSR count). The van der Waals surface area contributed by atoms with Crippen molar-refractivity contribution >= 4 is 11.6 Å². The topological polar surface area (TPSA) is 12.0 Å². The summed E-state index contributed by atoms with van der Waals surface area (Å²) in [6.07, 6.45) is 4.00. The monoisotopic (exact) mass is 237 g/mol. The van der Waals surface area contributed by atoms with Crippen LogP contribution in [0.3, 0.4) is 0 Å². The normalized spacial score (nSPS) is 23.4. The van der Waals surface area contributed by atoms with Gasteiger partial charge in [0.1, 0.15) is 0 Å². The molecule has 1 aromatic rings. The van der Waals surface area contributed by atoms with Crippen LogP contribution < -0.4 is 5.32 Å². The first-order valence-electron chi connectivity index (χ1n) is 6.19. The number of hydrogen-bond donors (Lipinski definition) is 1. The van der Waals surface area contributed by atoms with Crippen LogP contribution in [0.5, 0.6) is 0 Å². The van der Waals surface area contributed by atoms with Gasteiger partial charge in [-0.15, -0.1) is 0 Å². The lowest BCUT2D eigenvalue weighted by atomic mass is 10.1. The molecule has 0 radical (unpaired) electrons. The summed E-state index contributed by atoms with van der Waals surface area (Å²) in [4.78, 5) is 0. The maximum atomic E-state index is 6.19. The smallest absolute Gasteiger partial charge is 0.0453 e. The molecule has 88 valence electrons. The van der Waals surface area contributed by atoms with Crippen molar-refractivity contribution in [1.82, 2.24) is 5.32 Å². The molecule has 1 nitrogen and oxygen atoms in total. The number of aryl methyl sites for hydroxylation is 1. The molecule has 0 heterocycles. The number of hydrogen-bond acceptors (Lipinski definition) is 1. The summed E-state index contributed by atoms with van der Waals surface area (Å²) in [7, 11) is 0. The van der Waals surface area contributed by atoms with Crippen LogP contribution in [0.1, 0.15) is 37.3 Å². The van der Waals surface area contributed by atoms with Crippen molar-refractivity contribution in [2.75, 3.05) is 0 Å². The first-order chi connectivity index (χ1) is 7.70. The first-order valence-corrected chi connectivity index (χ1v) is 6.57. The van der Waals surface area contributed by atoms with Crippen molar-refractivity contribution in [1.29, 1.82) is 0 Å². The molecule has 16 heavy (non-hydrogen) atoms. The summed E-state index contributed by atoms with van der Waals surface area (Å²) in [6, 6.07) is 7.02. The van der Waals surface area contributed by atoms with Gasteiger partial charge in [-0.3, -0.25) is 0 Å². The molecule has 2 unspecified atom stereocenters. The molecule has 0 amide bonds. The standard InChI is InChI=1S/C14H20ClN/c1-3-4-11-8-14(11)16-9-12-6-5-10(2)7-13(12)15/h5-7,11,14,16H,3-4,8-9H2,1-2H3. The second kappa shape index (κ2) is 5.20. The van der Waals surface area contributed by atoms with Gasteiger partial charge in [0.15, 0.2) is 0 Å². The summed E-state index contributed by atoms with van der Waals surface area (Å²) in [5.41, 5.74) is 2.44. The van der Waals surface area contributed by atoms with E-state index >= 15 is 0 Å². The third-order valence-electron chi connectivity index (χ3n) is 3.35. The zero-order chi connectivity index (χ0) is 11.5. The van der Waals surface area contributed by atoms with Crippen molar-refractivity contribution in [3.05, 3.63) is 34.3 Å². The molecule has 1 aliphatic carbocycles. The molecular weight excluding hydrogens is 218 g/mol. The van der Waals surface area contributed by atoms with E-state index in [-0.39, 0.29) is 0 Å². The van der Waals surface area contributed by atoms with Crippen LogP contribution in [-0.4, -0.2) is 6.04 Å². The Morgan fingerprint density at radius 1 is 1.44 bits per heavy atom. The fraction of sp³-hybridized carbons (Fsp3) is 0.571. The van der Waals surface area contributed by atoms with Gasteiger partial charge in [-0.25, -0.2) is 0 Å². The van der Waals surface area contributed by atoms with Crippen LogP contribution in [-0.2, 0) is 6.54 Å². The predicted octanol–water partition coefficient (Wildman–Crippen LogP) is 3.93. The lowest BCUT2D eigenvalue weighted by molar-refractivity contribution is 0.599. The van der Waals surface area contributed by atoms with E-state index in [9.17, 15) is 0 Å². The molecule has 2 atom stereocenters. The highest BCUT2D eigenvalue weighted by atomic mass is 35.5. The van der Waals surface area contributed by atoms with E-state index in [4.69, 9.17) is 11.6 Å². The SMILES string of the molecule is CCCC1CC1NCc1ccc(C)cc1Cl. The second-order valence-corrected chi connectivity index (χ2v) is 5.27. The Bertz CT molecular complexity index is 362. The number of rotatable bonds is 5. The first kappa shape index (κ1) is 11.9. The fourth-order valence-electron chi connectivity index (χ4n) is 2.22. The van der Waals surface area contributed by atoms with Gasteiger partial charge < -0.3 is 5.32 Å². The highest BCUT2D eigenvalue weighted by molar-refractivity contribution is 6.31. The highest BCUT2D eigenvalue weighted by Gasteiger charge is 2.35. The van der Waals surface area contributed by atoms with Crippen LogP contribution in [0.2, 0.25) is 5.02 Å². The van der Waals surface area contributed by atoms with Gasteiger partial charge >= 0.3 is 0 Å². The molecule has 1 aliphatic rings. The Morgan fingerprint density at radius 2 is 2.25 bits per heavy atom. The number of halogens is 1. The van der Waals surface area contributed by atoms with Crippen molar-refractivity contribution in [3.63, 3.8) is 0 Å². The van der Waals surface area contributed by atoms with Gasteiger partial charge in [0.2, 0.25) is 0 Å². The average Bonchev–Trinajstić information content (AvgIpc) is 2.96. The van der Waals surface area contributed by atoms with E-state index in [1.807, 2.05) is 6.07 Å². The summed E-state index contributed by atoms with van der Waals surface area (Å²) in [5, 5.41) is 4.47. The third kappa shape index (κ3) is 2.99. The Kier molecular flexibility index (Phi) is 3.88. The zero-order valence-corrected chi connectivity index (χ0v) is 10.8. The van der Waals surface area contributed by atoms with Crippen LogP contribution in [0.4, 0.5) is 0 Å². The second-order valence-electron chi connectivity index (χ2n) is 4.87. The summed E-state index contributed by atoms with van der Waals surface area (Å²) < 4.78 is 0. The molecule has 0 aromatic heterocycles. The largest absolute Gasteiger partial charge is 0.310 e. The molecule has 0 saturated heterocycles. The molecule has 0 spiro atoms. The quantitative estimate of drug-likeness (QED) is 0.819. The fourth-order valence-corrected chi connectivity index (χ4v) is 2.53. The average molecular weight is 238 g/mol. The maximum absolute atomic E-state index is 6.19. The third-order valence-corrected chi connectivity index (χ3v) is 3.70. The summed E-state index contributed by atoms with van der Waals surface area (Å²) in [5.74, 6) is 0.911. The Hall–Kier alpha value is -0.530. The van der Waals surface area contributed by atoms with Gasteiger partial charge in [-0.05, 0) is 42.9 Å². The van der Waals surface area contributed by atoms with Crippen molar-refractivity contribution in [2.24, 2.45) is 5.92 Å². The molecule has 1 aromatic carbocycles.